The predicted molar refractivity (Wildman–Crippen MR) is 70.1 cm³/mol. The highest BCUT2D eigenvalue weighted by atomic mass is 35.5. The number of carbonyl (C=O) groups excluding carboxylic acids is 1. The van der Waals surface area contributed by atoms with E-state index in [1.807, 2.05) is 0 Å². The highest BCUT2D eigenvalue weighted by molar-refractivity contribution is 6.31. The first-order chi connectivity index (χ1) is 8.06. The summed E-state index contributed by atoms with van der Waals surface area (Å²) in [7, 11) is 0. The van der Waals surface area contributed by atoms with Crippen molar-refractivity contribution in [3.05, 3.63) is 40.4 Å². The van der Waals surface area contributed by atoms with Crippen molar-refractivity contribution in [3.8, 4) is 0 Å². The third-order valence-corrected chi connectivity index (χ3v) is 3.11. The highest BCUT2D eigenvalue weighted by Gasteiger charge is 2.18. The van der Waals surface area contributed by atoms with Crippen LogP contribution >= 0.6 is 11.6 Å². The average molecular weight is 251 g/mol. The predicted octanol–water partition coefficient (Wildman–Crippen LogP) is 2.71. The number of rotatable bonds is 1. The summed E-state index contributed by atoms with van der Waals surface area (Å²) in [5, 5.41) is 0.497. The van der Waals surface area contributed by atoms with Crippen LogP contribution in [0.15, 0.2) is 29.8 Å². The van der Waals surface area contributed by atoms with Gasteiger partial charge in [0.2, 0.25) is 0 Å². The fourth-order valence-corrected chi connectivity index (χ4v) is 2.12. The molecule has 0 aromatic heterocycles. The fourth-order valence-electron chi connectivity index (χ4n) is 1.87. The number of nitrogens with two attached hydrogens (primary N) is 1. The first-order valence-corrected chi connectivity index (χ1v) is 5.95. The number of hydrogen-bond acceptors (Lipinski definition) is 2. The Hall–Kier alpha value is -1.48. The number of nitrogens with zero attached hydrogens (tertiary/aromatic N) is 1. The van der Waals surface area contributed by atoms with E-state index in [9.17, 15) is 4.79 Å². The number of anilines is 1. The van der Waals surface area contributed by atoms with Crippen molar-refractivity contribution in [2.45, 2.75) is 13.3 Å². The van der Waals surface area contributed by atoms with Gasteiger partial charge in [-0.3, -0.25) is 4.79 Å². The molecule has 0 fully saturated rings. The summed E-state index contributed by atoms with van der Waals surface area (Å²) in [6, 6.07) is 4.96. The summed E-state index contributed by atoms with van der Waals surface area (Å²) in [6.07, 6.45) is 3.01. The first kappa shape index (κ1) is 12.0. The van der Waals surface area contributed by atoms with E-state index in [1.165, 1.54) is 5.57 Å². The Balaban J connectivity index is 2.20. The van der Waals surface area contributed by atoms with Crippen LogP contribution in [0, 0.1) is 0 Å². The van der Waals surface area contributed by atoms with Gasteiger partial charge in [-0.25, -0.2) is 0 Å². The van der Waals surface area contributed by atoms with E-state index in [0.717, 1.165) is 13.0 Å². The summed E-state index contributed by atoms with van der Waals surface area (Å²) in [6.45, 7) is 3.50. The monoisotopic (exact) mass is 250 g/mol. The summed E-state index contributed by atoms with van der Waals surface area (Å²) in [4.78, 5) is 14.0. The Morgan fingerprint density at radius 2 is 2.18 bits per heavy atom. The van der Waals surface area contributed by atoms with Crippen LogP contribution in [0.5, 0.6) is 0 Å². The van der Waals surface area contributed by atoms with Gasteiger partial charge < -0.3 is 10.6 Å². The van der Waals surface area contributed by atoms with E-state index in [1.54, 1.807) is 23.1 Å². The standard InChI is InChI=1S/C13H15ClN2O/c1-9-2-4-16(5-3-9)13(17)10-6-11(14)8-12(15)7-10/h2,6-8H,3-5,15H2,1H3. The van der Waals surface area contributed by atoms with Crippen LogP contribution in [0.4, 0.5) is 5.69 Å². The van der Waals surface area contributed by atoms with E-state index in [2.05, 4.69) is 13.0 Å². The molecule has 2 rings (SSSR count). The molecule has 0 radical (unpaired) electrons. The number of hydrogen-bond donors (Lipinski definition) is 1. The summed E-state index contributed by atoms with van der Waals surface area (Å²) < 4.78 is 0. The Bertz CT molecular complexity index is 462. The lowest BCUT2D eigenvalue weighted by Gasteiger charge is -2.25. The summed E-state index contributed by atoms with van der Waals surface area (Å²) in [5.74, 6) is -0.0112. The molecule has 1 heterocycles. The lowest BCUT2D eigenvalue weighted by molar-refractivity contribution is 0.0769. The largest absolute Gasteiger partial charge is 0.399 e. The molecular weight excluding hydrogens is 236 g/mol. The molecule has 90 valence electrons. The van der Waals surface area contributed by atoms with Crippen LogP contribution in [0.1, 0.15) is 23.7 Å². The molecule has 3 nitrogen and oxygen atoms in total. The molecule has 2 N–H and O–H groups in total. The Labute approximate surface area is 106 Å². The molecule has 1 amide bonds. The first-order valence-electron chi connectivity index (χ1n) is 5.57. The Morgan fingerprint density at radius 1 is 1.41 bits per heavy atom. The maximum absolute atomic E-state index is 12.2. The lowest BCUT2D eigenvalue weighted by Crippen LogP contribution is -2.34. The van der Waals surface area contributed by atoms with Crippen molar-refractivity contribution in [3.63, 3.8) is 0 Å². The second-order valence-electron chi connectivity index (χ2n) is 4.32. The van der Waals surface area contributed by atoms with Crippen molar-refractivity contribution >= 4 is 23.2 Å². The van der Waals surface area contributed by atoms with Crippen molar-refractivity contribution < 1.29 is 4.79 Å². The third-order valence-electron chi connectivity index (χ3n) is 2.89. The molecule has 1 aromatic carbocycles. The molecule has 17 heavy (non-hydrogen) atoms. The van der Waals surface area contributed by atoms with Crippen LogP contribution in [-0.2, 0) is 0 Å². The maximum atomic E-state index is 12.2. The number of amides is 1. The van der Waals surface area contributed by atoms with E-state index in [-0.39, 0.29) is 5.91 Å². The molecule has 0 atom stereocenters. The van der Waals surface area contributed by atoms with E-state index < -0.39 is 0 Å². The van der Waals surface area contributed by atoms with Crippen LogP contribution < -0.4 is 5.73 Å². The molecule has 0 aliphatic carbocycles. The topological polar surface area (TPSA) is 46.3 Å². The summed E-state index contributed by atoms with van der Waals surface area (Å²) in [5.41, 5.74) is 8.09. The number of benzene rings is 1. The molecule has 0 spiro atoms. The SMILES string of the molecule is CC1=CCN(C(=O)c2cc(N)cc(Cl)c2)CC1. The van der Waals surface area contributed by atoms with Crippen molar-refractivity contribution in [2.75, 3.05) is 18.8 Å². The zero-order valence-electron chi connectivity index (χ0n) is 9.74. The molecule has 0 bridgehead atoms. The van der Waals surface area contributed by atoms with Gasteiger partial charge in [0.05, 0.1) is 0 Å². The molecule has 4 heteroatoms. The van der Waals surface area contributed by atoms with E-state index >= 15 is 0 Å². The Morgan fingerprint density at radius 3 is 2.76 bits per heavy atom. The van der Waals surface area contributed by atoms with Gasteiger partial charge in [0.15, 0.2) is 0 Å². The molecule has 1 aliphatic rings. The van der Waals surface area contributed by atoms with Crippen LogP contribution in [0.3, 0.4) is 0 Å². The molecular formula is C13H15ClN2O. The van der Waals surface area contributed by atoms with Gasteiger partial charge in [0, 0.05) is 29.4 Å². The number of carbonyl (C=O) groups is 1. The van der Waals surface area contributed by atoms with E-state index in [0.29, 0.717) is 22.8 Å². The van der Waals surface area contributed by atoms with E-state index in [4.69, 9.17) is 17.3 Å². The maximum Gasteiger partial charge on any atom is 0.254 e. The number of nitrogen functional groups attached to an aromatic ring is 1. The van der Waals surface area contributed by atoms with Gasteiger partial charge in [-0.2, -0.15) is 0 Å². The van der Waals surface area contributed by atoms with Crippen LogP contribution in [0.2, 0.25) is 5.02 Å². The molecule has 1 aliphatic heterocycles. The average Bonchev–Trinajstić information content (AvgIpc) is 2.28. The zero-order valence-corrected chi connectivity index (χ0v) is 10.5. The van der Waals surface area contributed by atoms with Gasteiger partial charge in [-0.15, -0.1) is 0 Å². The van der Waals surface area contributed by atoms with Gasteiger partial charge >= 0.3 is 0 Å². The van der Waals surface area contributed by atoms with Gasteiger partial charge in [0.1, 0.15) is 0 Å². The highest BCUT2D eigenvalue weighted by Crippen LogP contribution is 2.19. The zero-order chi connectivity index (χ0) is 12.4. The normalized spacial score (nSPS) is 15.6. The minimum atomic E-state index is -0.0112. The van der Waals surface area contributed by atoms with Gasteiger partial charge in [-0.05, 0) is 31.5 Å². The van der Waals surface area contributed by atoms with Crippen molar-refractivity contribution in [1.29, 1.82) is 0 Å². The van der Waals surface area contributed by atoms with Gasteiger partial charge in [0.25, 0.3) is 5.91 Å². The van der Waals surface area contributed by atoms with Crippen LogP contribution in [0.25, 0.3) is 0 Å². The molecule has 1 aromatic rings. The molecule has 0 unspecified atom stereocenters. The van der Waals surface area contributed by atoms with Crippen molar-refractivity contribution in [1.82, 2.24) is 4.90 Å². The second-order valence-corrected chi connectivity index (χ2v) is 4.76. The lowest BCUT2D eigenvalue weighted by atomic mass is 10.1. The van der Waals surface area contributed by atoms with Crippen molar-refractivity contribution in [2.24, 2.45) is 0 Å². The number of halogens is 1. The second kappa shape index (κ2) is 4.80. The smallest absolute Gasteiger partial charge is 0.254 e. The summed E-state index contributed by atoms with van der Waals surface area (Å²) >= 11 is 5.89. The minimum Gasteiger partial charge on any atom is -0.399 e. The third kappa shape index (κ3) is 2.80. The fraction of sp³-hybridized carbons (Fsp3) is 0.308. The quantitative estimate of drug-likeness (QED) is 0.615. The minimum absolute atomic E-state index is 0.0112. The van der Waals surface area contributed by atoms with Crippen LogP contribution in [-0.4, -0.2) is 23.9 Å². The molecule has 0 saturated heterocycles. The van der Waals surface area contributed by atoms with Gasteiger partial charge in [-0.1, -0.05) is 23.3 Å². The molecule has 0 saturated carbocycles. The Kier molecular flexibility index (Phi) is 3.38.